The Morgan fingerprint density at radius 1 is 1.29 bits per heavy atom. The van der Waals surface area contributed by atoms with E-state index in [0.717, 1.165) is 12.1 Å². The Hall–Kier alpha value is -2.84. The molecule has 24 heavy (non-hydrogen) atoms. The Balaban J connectivity index is 2.26. The van der Waals surface area contributed by atoms with Crippen LogP contribution < -0.4 is 9.47 Å². The van der Waals surface area contributed by atoms with E-state index in [-0.39, 0.29) is 35.3 Å². The molecule has 0 spiro atoms. The monoisotopic (exact) mass is 342 g/mol. The van der Waals surface area contributed by atoms with Crippen LogP contribution >= 0.6 is 0 Å². The Kier molecular flexibility index (Phi) is 4.91. The highest BCUT2D eigenvalue weighted by molar-refractivity contribution is 5.87. The van der Waals surface area contributed by atoms with Crippen LogP contribution in [0.25, 0.3) is 0 Å². The van der Waals surface area contributed by atoms with Crippen LogP contribution in [0.15, 0.2) is 24.3 Å². The van der Waals surface area contributed by atoms with Gasteiger partial charge in [-0.1, -0.05) is 12.1 Å². The van der Waals surface area contributed by atoms with E-state index in [2.05, 4.69) is 9.97 Å². The lowest BCUT2D eigenvalue weighted by molar-refractivity contribution is -0.137. The van der Waals surface area contributed by atoms with Crippen molar-refractivity contribution in [3.05, 3.63) is 46.6 Å². The quantitative estimate of drug-likeness (QED) is 0.899. The van der Waals surface area contributed by atoms with E-state index >= 15 is 0 Å². The number of aromatic nitrogens is 2. The second-order valence-electron chi connectivity index (χ2n) is 4.78. The highest BCUT2D eigenvalue weighted by Crippen LogP contribution is 2.30. The summed E-state index contributed by atoms with van der Waals surface area (Å²) in [6, 6.07) is 4.41. The molecule has 0 aliphatic rings. The molecule has 0 saturated heterocycles. The maximum atomic E-state index is 12.7. The number of hydrogen-bond acceptors (Lipinski definition) is 5. The number of aromatic carboxylic acids is 1. The first-order valence-electron chi connectivity index (χ1n) is 6.67. The first kappa shape index (κ1) is 17.5. The van der Waals surface area contributed by atoms with Crippen molar-refractivity contribution in [2.24, 2.45) is 0 Å². The first-order chi connectivity index (χ1) is 11.2. The second kappa shape index (κ2) is 6.73. The number of carbonyl (C=O) groups is 1. The summed E-state index contributed by atoms with van der Waals surface area (Å²) in [5, 5.41) is 9.09. The second-order valence-corrected chi connectivity index (χ2v) is 4.78. The topological polar surface area (TPSA) is 81.5 Å². The zero-order valence-electron chi connectivity index (χ0n) is 12.7. The number of methoxy groups -OCH3 is 1. The van der Waals surface area contributed by atoms with Crippen molar-refractivity contribution in [1.82, 2.24) is 9.97 Å². The minimum absolute atomic E-state index is 0.0725. The maximum Gasteiger partial charge on any atom is 0.416 e. The molecule has 2 rings (SSSR count). The SMILES string of the molecule is COc1nc(OCc2cccc(C(F)(F)F)c2)c(C)c(C(=O)O)n1. The molecule has 0 saturated carbocycles. The van der Waals surface area contributed by atoms with Crippen molar-refractivity contribution in [3.8, 4) is 11.9 Å². The molecule has 0 unspecified atom stereocenters. The van der Waals surface area contributed by atoms with Crippen molar-refractivity contribution in [2.45, 2.75) is 19.7 Å². The summed E-state index contributed by atoms with van der Waals surface area (Å²) in [5.41, 5.74) is -0.693. The molecule has 0 fully saturated rings. The van der Waals surface area contributed by atoms with Gasteiger partial charge in [0.05, 0.1) is 12.7 Å². The lowest BCUT2D eigenvalue weighted by atomic mass is 10.1. The molecule has 0 bridgehead atoms. The number of carboxylic acid groups (broad SMARTS) is 1. The number of carboxylic acids is 1. The molecule has 128 valence electrons. The summed E-state index contributed by atoms with van der Waals surface area (Å²) >= 11 is 0. The van der Waals surface area contributed by atoms with Crippen molar-refractivity contribution in [1.29, 1.82) is 0 Å². The number of hydrogen-bond donors (Lipinski definition) is 1. The average molecular weight is 342 g/mol. The molecule has 1 aromatic carbocycles. The third-order valence-corrected chi connectivity index (χ3v) is 3.10. The summed E-state index contributed by atoms with van der Waals surface area (Å²) in [7, 11) is 1.26. The van der Waals surface area contributed by atoms with Gasteiger partial charge < -0.3 is 14.6 Å². The van der Waals surface area contributed by atoms with Crippen molar-refractivity contribution in [2.75, 3.05) is 7.11 Å². The van der Waals surface area contributed by atoms with Crippen LogP contribution in [-0.2, 0) is 12.8 Å². The Bertz CT molecular complexity index is 763. The summed E-state index contributed by atoms with van der Waals surface area (Å²) in [6.07, 6.45) is -4.46. The van der Waals surface area contributed by atoms with Gasteiger partial charge in [-0.05, 0) is 24.6 Å². The van der Waals surface area contributed by atoms with Gasteiger partial charge in [0.2, 0.25) is 5.88 Å². The molecular weight excluding hydrogens is 329 g/mol. The molecule has 0 aliphatic heterocycles. The number of nitrogens with zero attached hydrogens (tertiary/aromatic N) is 2. The predicted octanol–water partition coefficient (Wildman–Crippen LogP) is 3.09. The number of rotatable bonds is 5. The highest BCUT2D eigenvalue weighted by atomic mass is 19.4. The molecular formula is C15H13F3N2O4. The van der Waals surface area contributed by atoms with Gasteiger partial charge in [0.1, 0.15) is 6.61 Å². The molecule has 6 nitrogen and oxygen atoms in total. The van der Waals surface area contributed by atoms with Crippen LogP contribution in [0, 0.1) is 6.92 Å². The van der Waals surface area contributed by atoms with E-state index in [4.69, 9.17) is 14.6 Å². The van der Waals surface area contributed by atoms with Crippen LogP contribution in [0.1, 0.15) is 27.2 Å². The lowest BCUT2D eigenvalue weighted by Crippen LogP contribution is -2.10. The highest BCUT2D eigenvalue weighted by Gasteiger charge is 2.30. The molecule has 0 atom stereocenters. The lowest BCUT2D eigenvalue weighted by Gasteiger charge is -2.12. The number of alkyl halides is 3. The summed E-state index contributed by atoms with van der Waals surface area (Å²) in [6.45, 7) is 1.22. The van der Waals surface area contributed by atoms with Gasteiger partial charge in [-0.2, -0.15) is 23.1 Å². The number of halogens is 3. The Morgan fingerprint density at radius 2 is 2.00 bits per heavy atom. The summed E-state index contributed by atoms with van der Waals surface area (Å²) in [4.78, 5) is 18.7. The fourth-order valence-electron chi connectivity index (χ4n) is 1.91. The van der Waals surface area contributed by atoms with Crippen LogP contribution in [-0.4, -0.2) is 28.2 Å². The van der Waals surface area contributed by atoms with Gasteiger partial charge in [0.25, 0.3) is 0 Å². The van der Waals surface area contributed by atoms with Crippen LogP contribution in [0.2, 0.25) is 0 Å². The standard InChI is InChI=1S/C15H13F3N2O4/c1-8-11(13(21)22)19-14(23-2)20-12(8)24-7-9-4-3-5-10(6-9)15(16,17)18/h3-6H,7H2,1-2H3,(H,21,22). The van der Waals surface area contributed by atoms with Crippen molar-refractivity contribution >= 4 is 5.97 Å². The molecule has 9 heteroatoms. The third-order valence-electron chi connectivity index (χ3n) is 3.10. The van der Waals surface area contributed by atoms with E-state index in [1.165, 1.54) is 26.2 Å². The molecule has 1 N–H and O–H groups in total. The molecule has 1 heterocycles. The minimum Gasteiger partial charge on any atom is -0.476 e. The molecule has 0 amide bonds. The van der Waals surface area contributed by atoms with E-state index in [1.807, 2.05) is 0 Å². The molecule has 0 radical (unpaired) electrons. The Labute approximate surface area is 134 Å². The van der Waals surface area contributed by atoms with E-state index in [1.54, 1.807) is 0 Å². The zero-order chi connectivity index (χ0) is 17.9. The molecule has 2 aromatic rings. The average Bonchev–Trinajstić information content (AvgIpc) is 2.53. The minimum atomic E-state index is -4.46. The summed E-state index contributed by atoms with van der Waals surface area (Å²) < 4.78 is 48.2. The maximum absolute atomic E-state index is 12.7. The van der Waals surface area contributed by atoms with Gasteiger partial charge in [-0.3, -0.25) is 0 Å². The van der Waals surface area contributed by atoms with Gasteiger partial charge >= 0.3 is 18.2 Å². The van der Waals surface area contributed by atoms with Crippen molar-refractivity contribution < 1.29 is 32.5 Å². The van der Waals surface area contributed by atoms with E-state index in [0.29, 0.717) is 0 Å². The molecule has 1 aromatic heterocycles. The Morgan fingerprint density at radius 3 is 2.58 bits per heavy atom. The van der Waals surface area contributed by atoms with Crippen LogP contribution in [0.5, 0.6) is 11.9 Å². The van der Waals surface area contributed by atoms with E-state index in [9.17, 15) is 18.0 Å². The fourth-order valence-corrected chi connectivity index (χ4v) is 1.91. The van der Waals surface area contributed by atoms with Gasteiger partial charge in [0.15, 0.2) is 5.69 Å². The normalized spacial score (nSPS) is 11.2. The first-order valence-corrected chi connectivity index (χ1v) is 6.67. The van der Waals surface area contributed by atoms with Crippen molar-refractivity contribution in [3.63, 3.8) is 0 Å². The van der Waals surface area contributed by atoms with Gasteiger partial charge in [0, 0.05) is 5.56 Å². The number of ether oxygens (including phenoxy) is 2. The number of benzene rings is 1. The van der Waals surface area contributed by atoms with Gasteiger partial charge in [-0.25, -0.2) is 4.79 Å². The predicted molar refractivity (Wildman–Crippen MR) is 76.1 cm³/mol. The van der Waals surface area contributed by atoms with E-state index < -0.39 is 17.7 Å². The van der Waals surface area contributed by atoms with Crippen LogP contribution in [0.4, 0.5) is 13.2 Å². The molecule has 0 aliphatic carbocycles. The zero-order valence-corrected chi connectivity index (χ0v) is 12.7. The fraction of sp³-hybridized carbons (Fsp3) is 0.267. The van der Waals surface area contributed by atoms with Crippen LogP contribution in [0.3, 0.4) is 0 Å². The summed E-state index contributed by atoms with van der Waals surface area (Å²) in [5.74, 6) is -1.37. The third kappa shape index (κ3) is 3.92. The smallest absolute Gasteiger partial charge is 0.416 e. The van der Waals surface area contributed by atoms with Gasteiger partial charge in [-0.15, -0.1) is 0 Å². The largest absolute Gasteiger partial charge is 0.476 e.